The van der Waals surface area contributed by atoms with Crippen molar-refractivity contribution in [2.45, 2.75) is 164 Å². The van der Waals surface area contributed by atoms with Gasteiger partial charge in [-0.25, -0.2) is 0 Å². The summed E-state index contributed by atoms with van der Waals surface area (Å²) in [6.07, 6.45) is 21.3. The molecule has 0 unspecified atom stereocenters. The molecule has 124 heavy (non-hydrogen) atoms. The monoisotopic (exact) mass is 1810 g/mol. The Kier molecular flexibility index (Phi) is 46.3. The summed E-state index contributed by atoms with van der Waals surface area (Å²) in [7, 11) is 0. The van der Waals surface area contributed by atoms with Gasteiger partial charge in [-0.15, -0.1) is 62.8 Å². The maximum atomic E-state index is 13.2. The number of ether oxygens (including phenoxy) is 2. The molecule has 7 aromatic rings. The molecule has 2 atom stereocenters. The Hall–Kier alpha value is -9.95. The van der Waals surface area contributed by atoms with Gasteiger partial charge in [-0.2, -0.15) is 23.5 Å². The number of hydrogen-bond donors (Lipinski definition) is 6. The number of rotatable bonds is 49. The van der Waals surface area contributed by atoms with Crippen molar-refractivity contribution < 1.29 is 67.6 Å². The van der Waals surface area contributed by atoms with Crippen LogP contribution in [0, 0.1) is 51.9 Å². The zero-order chi connectivity index (χ0) is 89.4. The van der Waals surface area contributed by atoms with Crippen LogP contribution in [0.15, 0.2) is 118 Å². The summed E-state index contributed by atoms with van der Waals surface area (Å²) in [5, 5.41) is 48.9. The molecule has 2 aromatic carbocycles. The number of esters is 2. The van der Waals surface area contributed by atoms with E-state index in [1.54, 1.807) is 128 Å². The summed E-state index contributed by atoms with van der Waals surface area (Å²) in [6, 6.07) is 22.3. The van der Waals surface area contributed by atoms with E-state index in [-0.39, 0.29) is 91.4 Å². The number of carbonyl (C=O) groups is 10. The van der Waals surface area contributed by atoms with Crippen LogP contribution in [-0.2, 0) is 60.9 Å². The van der Waals surface area contributed by atoms with Gasteiger partial charge in [0, 0.05) is 193 Å². The van der Waals surface area contributed by atoms with Gasteiger partial charge >= 0.3 is 23.9 Å². The fourth-order valence-electron chi connectivity index (χ4n) is 13.6. The number of nitrogens with zero attached hydrogens (tertiary/aromatic N) is 10. The van der Waals surface area contributed by atoms with Crippen molar-refractivity contribution in [3.8, 4) is 23.8 Å². The van der Waals surface area contributed by atoms with E-state index in [0.717, 1.165) is 70.4 Å². The normalized spacial score (nSPS) is 13.6. The minimum absolute atomic E-state index is 0.00640. The molecule has 2 aliphatic heterocycles. The number of azide groups is 1. The van der Waals surface area contributed by atoms with E-state index in [9.17, 15) is 47.9 Å². The van der Waals surface area contributed by atoms with Crippen LogP contribution < -0.4 is 30.7 Å². The van der Waals surface area contributed by atoms with E-state index in [1.807, 2.05) is 0 Å². The smallest absolute Gasteiger partial charge is 0.315 e. The number of thiophene rings is 4. The average molecular weight is 1810 g/mol. The first-order valence-electron chi connectivity index (χ1n) is 42.2. The molecule has 2 aliphatic rings. The lowest BCUT2D eigenvalue weighted by molar-refractivity contribution is -0.141. The molecule has 2 saturated heterocycles. The lowest BCUT2D eigenvalue weighted by Crippen LogP contribution is -2.40. The van der Waals surface area contributed by atoms with E-state index in [4.69, 9.17) is 31.6 Å². The minimum atomic E-state index is -0.839. The van der Waals surface area contributed by atoms with Crippen molar-refractivity contribution in [2.75, 3.05) is 119 Å². The molecule has 0 spiro atoms. The van der Waals surface area contributed by atoms with Crippen molar-refractivity contribution in [3.63, 3.8) is 0 Å². The van der Waals surface area contributed by atoms with Gasteiger partial charge < -0.3 is 60.6 Å². The second-order valence-corrected chi connectivity index (χ2v) is 35.9. The largest absolute Gasteiger partial charge is 0.481 e. The third kappa shape index (κ3) is 37.5. The van der Waals surface area contributed by atoms with Gasteiger partial charge in [-0.05, 0) is 221 Å². The Morgan fingerprint density at radius 3 is 1.40 bits per heavy atom. The number of nitrogens with one attached hydrogen (secondary N) is 4. The maximum absolute atomic E-state index is 13.2. The van der Waals surface area contributed by atoms with Gasteiger partial charge in [0.25, 0.3) is 0 Å². The highest BCUT2D eigenvalue weighted by molar-refractivity contribution is 7.99. The molecule has 0 aliphatic carbocycles. The molecule has 0 radical (unpaired) electrons. The number of carbonyl (C=O) groups excluding carboxylic acids is 8. The summed E-state index contributed by atoms with van der Waals surface area (Å²) in [5.74, 6) is 2.69. The van der Waals surface area contributed by atoms with Crippen LogP contribution in [0.4, 0.5) is 11.4 Å². The molecular formula is C90H118N14O14S6. The number of aryl methyl sites for hydroxylation is 6. The molecule has 6 amide bonds. The first-order chi connectivity index (χ1) is 59.9. The Balaban J connectivity index is 0.000000289. The lowest BCUT2D eigenvalue weighted by Gasteiger charge is -2.31. The van der Waals surface area contributed by atoms with Crippen LogP contribution in [-0.4, -0.2) is 212 Å². The van der Waals surface area contributed by atoms with Crippen molar-refractivity contribution in [2.24, 2.45) is 17.0 Å². The summed E-state index contributed by atoms with van der Waals surface area (Å²) in [4.78, 5) is 136. The van der Waals surface area contributed by atoms with E-state index in [2.05, 4.69) is 143 Å². The number of terminal acetylenes is 1. The summed E-state index contributed by atoms with van der Waals surface area (Å²) < 4.78 is 13.1. The SMILES string of the molecule is C#CCCCC(=O)NCCN(CCSCCC(=O)O)C(=O)CC.CCC(=O)N(CCNC(=O)CCCc1cn(CCC(=O)Nc2ccc(OC(=O)[C@@H]3CCCN(CCC=C(c4sccc4C)c4sccc4C)C3)cc2)nn1)CCSCCC(=O)O.Cc1ccsc1C(=CCCN1CCC[C@@H](C(=O)Oc2ccc(NC(=O)CCN=[N+]=[N-])cc2)C1)c1sccc1C. The van der Waals surface area contributed by atoms with E-state index < -0.39 is 11.9 Å². The first kappa shape index (κ1) is 101. The molecule has 2 fully saturated rings. The van der Waals surface area contributed by atoms with E-state index in [1.165, 1.54) is 76.4 Å². The van der Waals surface area contributed by atoms with Crippen LogP contribution in [0.5, 0.6) is 11.5 Å². The molecule has 668 valence electrons. The summed E-state index contributed by atoms with van der Waals surface area (Å²) in [5.41, 5.74) is 18.0. The predicted molar refractivity (Wildman–Crippen MR) is 497 cm³/mol. The lowest BCUT2D eigenvalue weighted by atomic mass is 9.98. The number of amides is 6. The van der Waals surface area contributed by atoms with Gasteiger partial charge in [0.05, 0.1) is 36.9 Å². The highest BCUT2D eigenvalue weighted by Crippen LogP contribution is 2.38. The number of hydrogen-bond acceptors (Lipinski definition) is 23. The van der Waals surface area contributed by atoms with Crippen LogP contribution >= 0.6 is 68.9 Å². The van der Waals surface area contributed by atoms with Gasteiger partial charge in [0.2, 0.25) is 35.4 Å². The number of carboxylic acid groups (broad SMARTS) is 2. The third-order valence-corrected chi connectivity index (χ3v) is 26.4. The number of anilines is 2. The zero-order valence-corrected chi connectivity index (χ0v) is 76.8. The molecule has 28 nitrogen and oxygen atoms in total. The topological polar surface area (TPSA) is 370 Å². The number of aromatic nitrogens is 3. The second kappa shape index (κ2) is 56.8. The third-order valence-electron chi connectivity index (χ3n) is 20.3. The van der Waals surface area contributed by atoms with Gasteiger partial charge in [0.15, 0.2) is 0 Å². The van der Waals surface area contributed by atoms with Crippen LogP contribution in [0.1, 0.15) is 170 Å². The van der Waals surface area contributed by atoms with Crippen molar-refractivity contribution >= 4 is 151 Å². The number of carboxylic acids is 2. The molecule has 6 N–H and O–H groups in total. The van der Waals surface area contributed by atoms with Crippen molar-refractivity contribution in [1.29, 1.82) is 0 Å². The van der Waals surface area contributed by atoms with Crippen LogP contribution in [0.25, 0.3) is 21.6 Å². The van der Waals surface area contributed by atoms with Crippen LogP contribution in [0.3, 0.4) is 0 Å². The standard InChI is InChI=1S/C45H59N7O7S3.C29H33N5O3S2.C16H26N2O4S/c1-4-41(55)51(25-29-60-26-19-42(56)57)24-20-46-39(53)11-5-9-36-31-52(49-48-36)23-16-40(54)47-35-12-14-37(15-13-35)59-45(58)34-8-6-21-50(30-34)22-7-10-38(43-32(2)17-27-61-43)44-33(3)18-28-62-44;1-20-12-17-38-27(20)25(28-21(2)13-18-39-28)6-4-16-34-15-3-5-22(19-34)29(36)37-24-9-7-23(8-10-24)32-26(35)11-14-31-33-30;1-3-5-6-7-14(19)17-9-10-18(15(20)4-2)11-13-23-12-8-16(21)22/h10,12-15,17-18,27-28,31,34H,4-9,11,16,19-26,29-30H2,1-3H3,(H,46,53)(H,47,54)(H,56,57);6-10,12-13,17-18,22H,3-5,11,14-16,19H2,1-2H3,(H,32,35);1H,4-13H2,2H3,(H,17,19)(H,21,22)/t34-;22-;/m11./s1. The first-order valence-corrected chi connectivity index (χ1v) is 48.0. The average Bonchev–Trinajstić information content (AvgIpc) is 1.67. The number of unbranched alkanes of at least 4 members (excludes halogenated alkanes) is 1. The van der Waals surface area contributed by atoms with E-state index >= 15 is 0 Å². The Labute approximate surface area is 752 Å². The number of benzene rings is 2. The molecule has 9 rings (SSSR count). The quantitative estimate of drug-likeness (QED) is 0.00392. The second-order valence-electron chi connectivity index (χ2n) is 29.8. The fourth-order valence-corrected chi connectivity index (χ4v) is 19.3. The Morgan fingerprint density at radius 2 is 1.00 bits per heavy atom. The number of aliphatic carboxylic acids is 2. The molecule has 7 heterocycles. The Morgan fingerprint density at radius 1 is 0.573 bits per heavy atom. The van der Waals surface area contributed by atoms with E-state index in [0.29, 0.717) is 156 Å². The predicted octanol–water partition coefficient (Wildman–Crippen LogP) is 15.6. The van der Waals surface area contributed by atoms with Gasteiger partial charge in [-0.3, -0.25) is 52.6 Å². The van der Waals surface area contributed by atoms with Crippen molar-refractivity contribution in [3.05, 3.63) is 171 Å². The molecule has 0 bridgehead atoms. The molecule has 5 aromatic heterocycles. The minimum Gasteiger partial charge on any atom is -0.481 e. The Bertz CT molecular complexity index is 4630. The molecule has 0 saturated carbocycles. The van der Waals surface area contributed by atoms with Gasteiger partial charge in [-0.1, -0.05) is 36.3 Å². The number of thioether (sulfide) groups is 2. The summed E-state index contributed by atoms with van der Waals surface area (Å²) >= 11 is 10.1. The number of piperidine rings is 2. The number of likely N-dealkylation sites (tertiary alicyclic amines) is 2. The maximum Gasteiger partial charge on any atom is 0.315 e. The van der Waals surface area contributed by atoms with Crippen molar-refractivity contribution in [1.82, 2.24) is 45.2 Å². The highest BCUT2D eigenvalue weighted by atomic mass is 32.2. The summed E-state index contributed by atoms with van der Waals surface area (Å²) in [6.45, 7) is 20.5. The molecular weight excluding hydrogens is 1690 g/mol. The van der Waals surface area contributed by atoms with Crippen LogP contribution in [0.2, 0.25) is 0 Å². The van der Waals surface area contributed by atoms with Gasteiger partial charge in [0.1, 0.15) is 11.5 Å². The molecule has 34 heteroatoms. The zero-order valence-electron chi connectivity index (χ0n) is 71.9. The highest BCUT2D eigenvalue weighted by Gasteiger charge is 2.30. The fraction of sp³-hybridized carbons (Fsp3) is 0.489.